The molecule has 0 aliphatic heterocycles. The molecule has 0 saturated heterocycles. The van der Waals surface area contributed by atoms with Crippen LogP contribution in [0.2, 0.25) is 0 Å². The highest BCUT2D eigenvalue weighted by atomic mass is 16.5. The third-order valence-corrected chi connectivity index (χ3v) is 3.00. The minimum absolute atomic E-state index is 0.338. The van der Waals surface area contributed by atoms with Crippen molar-refractivity contribution in [2.75, 3.05) is 18.9 Å². The number of ether oxygens (including phenoxy) is 2. The molecule has 0 amide bonds. The summed E-state index contributed by atoms with van der Waals surface area (Å²) in [4.78, 5) is 22.8. The highest BCUT2D eigenvalue weighted by Crippen LogP contribution is 2.08. The number of nitrogens with two attached hydrogens (primary N) is 1. The Morgan fingerprint density at radius 3 is 2.09 bits per heavy atom. The lowest BCUT2D eigenvalue weighted by atomic mass is 10.2. The lowest BCUT2D eigenvalue weighted by molar-refractivity contribution is -0.139. The Labute approximate surface area is 131 Å². The van der Waals surface area contributed by atoms with Gasteiger partial charge in [0, 0.05) is 11.3 Å². The van der Waals surface area contributed by atoms with Gasteiger partial charge in [0.25, 0.3) is 0 Å². The summed E-state index contributed by atoms with van der Waals surface area (Å²) < 4.78 is 10.1. The topological polar surface area (TPSA) is 78.6 Å². The number of hydrogen-bond acceptors (Lipinski definition) is 5. The quantitative estimate of drug-likeness (QED) is 0.328. The summed E-state index contributed by atoms with van der Waals surface area (Å²) in [6.45, 7) is 5.92. The van der Waals surface area contributed by atoms with Crippen molar-refractivity contribution in [2.24, 2.45) is 0 Å². The van der Waals surface area contributed by atoms with E-state index in [9.17, 15) is 9.59 Å². The third kappa shape index (κ3) is 6.92. The maximum absolute atomic E-state index is 11.7. The molecule has 1 aromatic carbocycles. The molecule has 5 heteroatoms. The number of rotatable bonds is 9. The molecule has 0 spiro atoms. The summed E-state index contributed by atoms with van der Waals surface area (Å²) in [6, 6.07) is 6.63. The largest absolute Gasteiger partial charge is 0.462 e. The maximum atomic E-state index is 11.7. The molecule has 0 saturated carbocycles. The van der Waals surface area contributed by atoms with Gasteiger partial charge in [-0.15, -0.1) is 0 Å². The lowest BCUT2D eigenvalue weighted by Gasteiger charge is -2.06. The average Bonchev–Trinajstić information content (AvgIpc) is 2.50. The minimum atomic E-state index is -0.350. The first-order valence-corrected chi connectivity index (χ1v) is 7.36. The van der Waals surface area contributed by atoms with Crippen molar-refractivity contribution in [2.45, 2.75) is 32.6 Å². The van der Waals surface area contributed by atoms with Crippen molar-refractivity contribution >= 4 is 17.6 Å². The molecule has 2 N–H and O–H groups in total. The zero-order valence-electron chi connectivity index (χ0n) is 13.0. The number of carbonyl (C=O) groups is 2. The highest BCUT2D eigenvalue weighted by molar-refractivity contribution is 5.89. The molecule has 0 aliphatic rings. The molecule has 0 aromatic heterocycles. The number of anilines is 1. The summed E-state index contributed by atoms with van der Waals surface area (Å²) in [6.07, 6.45) is 3.42. The van der Waals surface area contributed by atoms with Crippen molar-refractivity contribution < 1.29 is 19.1 Å². The van der Waals surface area contributed by atoms with Gasteiger partial charge in [-0.25, -0.2) is 9.59 Å². The van der Waals surface area contributed by atoms with Gasteiger partial charge >= 0.3 is 11.9 Å². The molecule has 0 atom stereocenters. The molecular formula is C17H23NO4. The average molecular weight is 305 g/mol. The van der Waals surface area contributed by atoms with Gasteiger partial charge in [-0.1, -0.05) is 6.58 Å². The molecule has 0 aliphatic carbocycles. The standard InChI is InChI=1S/C17H23NO4/c1-13(2)16(19)21-11-5-3-4-6-12-22-17(20)14-7-9-15(18)10-8-14/h7-10H,1,3-6,11-12,18H2,2H3. The predicted molar refractivity (Wildman–Crippen MR) is 85.4 cm³/mol. The predicted octanol–water partition coefficient (Wildman–Crippen LogP) is 3.11. The van der Waals surface area contributed by atoms with E-state index in [4.69, 9.17) is 15.2 Å². The van der Waals surface area contributed by atoms with E-state index in [0.717, 1.165) is 25.7 Å². The molecule has 5 nitrogen and oxygen atoms in total. The number of hydrogen-bond donors (Lipinski definition) is 1. The van der Waals surface area contributed by atoms with Crippen LogP contribution >= 0.6 is 0 Å². The molecule has 0 radical (unpaired) electrons. The van der Waals surface area contributed by atoms with Crippen LogP contribution in [0.5, 0.6) is 0 Å². The van der Waals surface area contributed by atoms with Gasteiger partial charge in [-0.05, 0) is 56.9 Å². The fourth-order valence-electron chi connectivity index (χ4n) is 1.71. The van der Waals surface area contributed by atoms with Crippen LogP contribution in [0.15, 0.2) is 36.4 Å². The van der Waals surface area contributed by atoms with Gasteiger partial charge in [-0.3, -0.25) is 0 Å². The summed E-state index contributed by atoms with van der Waals surface area (Å²) in [7, 11) is 0. The van der Waals surface area contributed by atoms with Crippen LogP contribution in [-0.4, -0.2) is 25.2 Å². The van der Waals surface area contributed by atoms with E-state index >= 15 is 0 Å². The first kappa shape index (κ1) is 17.8. The van der Waals surface area contributed by atoms with Crippen molar-refractivity contribution in [3.05, 3.63) is 42.0 Å². The second kappa shape index (κ2) is 9.60. The summed E-state index contributed by atoms with van der Waals surface area (Å²) >= 11 is 0. The lowest BCUT2D eigenvalue weighted by Crippen LogP contribution is -2.07. The zero-order chi connectivity index (χ0) is 16.4. The number of esters is 2. The van der Waals surface area contributed by atoms with Crippen LogP contribution in [0.4, 0.5) is 5.69 Å². The third-order valence-electron chi connectivity index (χ3n) is 3.00. The molecule has 22 heavy (non-hydrogen) atoms. The van der Waals surface area contributed by atoms with Gasteiger partial charge in [0.2, 0.25) is 0 Å². The molecule has 120 valence electrons. The van der Waals surface area contributed by atoms with E-state index in [1.165, 1.54) is 0 Å². The Morgan fingerprint density at radius 1 is 1.00 bits per heavy atom. The first-order chi connectivity index (χ1) is 10.5. The Balaban J connectivity index is 2.03. The molecular weight excluding hydrogens is 282 g/mol. The SMILES string of the molecule is C=C(C)C(=O)OCCCCCCOC(=O)c1ccc(N)cc1. The Morgan fingerprint density at radius 2 is 1.55 bits per heavy atom. The van der Waals surface area contributed by atoms with Crippen molar-refractivity contribution in [3.8, 4) is 0 Å². The Bertz CT molecular complexity index is 508. The van der Waals surface area contributed by atoms with Crippen LogP contribution in [0.3, 0.4) is 0 Å². The second-order valence-electron chi connectivity index (χ2n) is 5.09. The molecule has 1 rings (SSSR count). The number of benzene rings is 1. The van der Waals surface area contributed by atoms with Crippen molar-refractivity contribution in [3.63, 3.8) is 0 Å². The first-order valence-electron chi connectivity index (χ1n) is 7.36. The summed E-state index contributed by atoms with van der Waals surface area (Å²) in [5.74, 6) is -0.687. The summed E-state index contributed by atoms with van der Waals surface area (Å²) in [5.41, 5.74) is 7.08. The van der Waals surface area contributed by atoms with Crippen LogP contribution in [0.25, 0.3) is 0 Å². The monoisotopic (exact) mass is 305 g/mol. The zero-order valence-corrected chi connectivity index (χ0v) is 13.0. The van der Waals surface area contributed by atoms with E-state index in [2.05, 4.69) is 6.58 Å². The molecule has 0 fully saturated rings. The van der Waals surface area contributed by atoms with Gasteiger partial charge in [0.15, 0.2) is 0 Å². The van der Waals surface area contributed by atoms with Crippen LogP contribution < -0.4 is 5.73 Å². The van der Waals surface area contributed by atoms with Gasteiger partial charge < -0.3 is 15.2 Å². The normalized spacial score (nSPS) is 10.0. The van der Waals surface area contributed by atoms with Crippen LogP contribution in [0.1, 0.15) is 43.0 Å². The van der Waals surface area contributed by atoms with Crippen molar-refractivity contribution in [1.29, 1.82) is 0 Å². The van der Waals surface area contributed by atoms with Gasteiger partial charge in [0.05, 0.1) is 18.8 Å². The molecule has 0 bridgehead atoms. The fraction of sp³-hybridized carbons (Fsp3) is 0.412. The van der Waals surface area contributed by atoms with E-state index in [0.29, 0.717) is 30.0 Å². The van der Waals surface area contributed by atoms with Gasteiger partial charge in [0.1, 0.15) is 0 Å². The number of nitrogen functional groups attached to an aromatic ring is 1. The van der Waals surface area contributed by atoms with Crippen molar-refractivity contribution in [1.82, 2.24) is 0 Å². The number of carbonyl (C=O) groups excluding carboxylic acids is 2. The van der Waals surface area contributed by atoms with E-state index in [1.54, 1.807) is 31.2 Å². The smallest absolute Gasteiger partial charge is 0.338 e. The fourth-order valence-corrected chi connectivity index (χ4v) is 1.71. The van der Waals surface area contributed by atoms with Crippen LogP contribution in [0, 0.1) is 0 Å². The second-order valence-corrected chi connectivity index (χ2v) is 5.09. The molecule has 0 unspecified atom stereocenters. The number of unbranched alkanes of at least 4 members (excludes halogenated alkanes) is 3. The Kier molecular flexibility index (Phi) is 7.75. The van der Waals surface area contributed by atoms with E-state index < -0.39 is 0 Å². The van der Waals surface area contributed by atoms with E-state index in [1.807, 2.05) is 0 Å². The maximum Gasteiger partial charge on any atom is 0.338 e. The summed E-state index contributed by atoms with van der Waals surface area (Å²) in [5, 5.41) is 0. The highest BCUT2D eigenvalue weighted by Gasteiger charge is 2.06. The Hall–Kier alpha value is -2.30. The minimum Gasteiger partial charge on any atom is -0.462 e. The molecule has 0 heterocycles. The van der Waals surface area contributed by atoms with E-state index in [-0.39, 0.29) is 11.9 Å². The van der Waals surface area contributed by atoms with Gasteiger partial charge in [-0.2, -0.15) is 0 Å². The molecule has 1 aromatic rings. The van der Waals surface area contributed by atoms with Crippen LogP contribution in [-0.2, 0) is 14.3 Å².